The van der Waals surface area contributed by atoms with Crippen molar-refractivity contribution < 1.29 is 19.0 Å². The Morgan fingerprint density at radius 3 is 1.91 bits per heavy atom. The molecule has 0 atom stereocenters. The number of ether oxygens (including phenoxy) is 3. The van der Waals surface area contributed by atoms with Crippen LogP contribution in [0.5, 0.6) is 23.0 Å². The van der Waals surface area contributed by atoms with Crippen molar-refractivity contribution in [3.05, 3.63) is 120 Å². The third kappa shape index (κ3) is 6.87. The minimum absolute atomic E-state index is 0.0445. The summed E-state index contributed by atoms with van der Waals surface area (Å²) in [6, 6.07) is 34.3. The second-order valence-electron chi connectivity index (χ2n) is 7.88. The van der Waals surface area contributed by atoms with Crippen LogP contribution >= 0.6 is 0 Å². The first-order valence-electron chi connectivity index (χ1n) is 11.7. The number of nitrogens with zero attached hydrogens (tertiary/aromatic N) is 1. The van der Waals surface area contributed by atoms with Crippen LogP contribution in [0, 0.1) is 0 Å². The summed E-state index contributed by atoms with van der Waals surface area (Å²) in [6.45, 7) is 3.72. The quantitative estimate of drug-likeness (QED) is 0.249. The van der Waals surface area contributed by atoms with Crippen molar-refractivity contribution in [3.63, 3.8) is 0 Å². The van der Waals surface area contributed by atoms with Gasteiger partial charge in [0.05, 0.1) is 13.2 Å². The van der Waals surface area contributed by atoms with Crippen LogP contribution in [0.15, 0.2) is 109 Å². The molecule has 0 unspecified atom stereocenters. The molecule has 0 aliphatic rings. The molecule has 4 aromatic carbocycles. The van der Waals surface area contributed by atoms with Gasteiger partial charge in [0.2, 0.25) is 0 Å². The maximum Gasteiger partial charge on any atom is 0.254 e. The average Bonchev–Trinajstić information content (AvgIpc) is 2.91. The van der Waals surface area contributed by atoms with Gasteiger partial charge in [0.1, 0.15) is 18.1 Å². The molecule has 4 rings (SSSR count). The standard InChI is InChI=1S/C30H29NO4/c1-2-33-28-15-9-10-16-29(28)34-22-21-31(30(32)25-11-5-3-6-12-25)23-24-17-19-27(20-18-24)35-26-13-7-4-8-14-26/h3-20H,2,21-23H2,1H3. The van der Waals surface area contributed by atoms with E-state index in [0.29, 0.717) is 43.4 Å². The summed E-state index contributed by atoms with van der Waals surface area (Å²) in [6.07, 6.45) is 0. The number of amides is 1. The van der Waals surface area contributed by atoms with E-state index in [1.165, 1.54) is 0 Å². The Morgan fingerprint density at radius 1 is 0.686 bits per heavy atom. The number of carbonyl (C=O) groups is 1. The van der Waals surface area contributed by atoms with Crippen molar-refractivity contribution in [2.45, 2.75) is 13.5 Å². The third-order valence-corrected chi connectivity index (χ3v) is 5.35. The Bertz CT molecular complexity index is 1190. The molecule has 0 spiro atoms. The van der Waals surface area contributed by atoms with Gasteiger partial charge in [-0.15, -0.1) is 0 Å². The number of carbonyl (C=O) groups excluding carboxylic acids is 1. The van der Waals surface area contributed by atoms with Gasteiger partial charge in [-0.2, -0.15) is 0 Å². The van der Waals surface area contributed by atoms with Gasteiger partial charge in [-0.25, -0.2) is 0 Å². The molecular formula is C30H29NO4. The molecule has 0 saturated carbocycles. The van der Waals surface area contributed by atoms with Crippen molar-refractivity contribution in [1.29, 1.82) is 0 Å². The van der Waals surface area contributed by atoms with Crippen molar-refractivity contribution in [2.24, 2.45) is 0 Å². The Kier molecular flexibility index (Phi) is 8.38. The molecule has 0 aliphatic carbocycles. The van der Waals surface area contributed by atoms with Crippen LogP contribution < -0.4 is 14.2 Å². The van der Waals surface area contributed by atoms with Gasteiger partial charge in [0.25, 0.3) is 5.91 Å². The molecule has 0 N–H and O–H groups in total. The lowest BCUT2D eigenvalue weighted by Crippen LogP contribution is -2.34. The molecule has 0 saturated heterocycles. The minimum Gasteiger partial charge on any atom is -0.490 e. The van der Waals surface area contributed by atoms with Crippen molar-refractivity contribution >= 4 is 5.91 Å². The highest BCUT2D eigenvalue weighted by Gasteiger charge is 2.17. The van der Waals surface area contributed by atoms with E-state index in [1.807, 2.05) is 116 Å². The van der Waals surface area contributed by atoms with E-state index in [1.54, 1.807) is 4.90 Å². The molecular weight excluding hydrogens is 438 g/mol. The highest BCUT2D eigenvalue weighted by Crippen LogP contribution is 2.26. The average molecular weight is 468 g/mol. The van der Waals surface area contributed by atoms with Crippen LogP contribution in [0.4, 0.5) is 0 Å². The Labute approximate surface area is 206 Å². The van der Waals surface area contributed by atoms with Crippen LogP contribution in [0.1, 0.15) is 22.8 Å². The van der Waals surface area contributed by atoms with Crippen LogP contribution in [-0.4, -0.2) is 30.6 Å². The zero-order chi connectivity index (χ0) is 24.3. The first-order valence-corrected chi connectivity index (χ1v) is 11.7. The molecule has 0 fully saturated rings. The maximum absolute atomic E-state index is 13.3. The molecule has 1 amide bonds. The molecule has 178 valence electrons. The predicted molar refractivity (Wildman–Crippen MR) is 137 cm³/mol. The van der Waals surface area contributed by atoms with E-state index in [2.05, 4.69) is 0 Å². The normalized spacial score (nSPS) is 10.4. The van der Waals surface area contributed by atoms with E-state index in [9.17, 15) is 4.79 Å². The maximum atomic E-state index is 13.3. The summed E-state index contributed by atoms with van der Waals surface area (Å²) in [5.41, 5.74) is 1.65. The summed E-state index contributed by atoms with van der Waals surface area (Å²) >= 11 is 0. The van der Waals surface area contributed by atoms with Gasteiger partial charge in [0.15, 0.2) is 11.5 Å². The number of para-hydroxylation sites is 3. The van der Waals surface area contributed by atoms with Crippen molar-refractivity contribution in [1.82, 2.24) is 4.90 Å². The summed E-state index contributed by atoms with van der Waals surface area (Å²) in [5, 5.41) is 0. The van der Waals surface area contributed by atoms with Crippen LogP contribution in [0.3, 0.4) is 0 Å². The fourth-order valence-electron chi connectivity index (χ4n) is 3.63. The molecule has 0 bridgehead atoms. The summed E-state index contributed by atoms with van der Waals surface area (Å²) in [7, 11) is 0. The van der Waals surface area contributed by atoms with E-state index in [4.69, 9.17) is 14.2 Å². The SMILES string of the molecule is CCOc1ccccc1OCCN(Cc1ccc(Oc2ccccc2)cc1)C(=O)c1ccccc1. The fraction of sp³-hybridized carbons (Fsp3) is 0.167. The van der Waals surface area contributed by atoms with Crippen LogP contribution in [0.2, 0.25) is 0 Å². The van der Waals surface area contributed by atoms with E-state index < -0.39 is 0 Å². The van der Waals surface area contributed by atoms with E-state index in [0.717, 1.165) is 17.1 Å². The first-order chi connectivity index (χ1) is 17.2. The van der Waals surface area contributed by atoms with Gasteiger partial charge in [0, 0.05) is 12.1 Å². The lowest BCUT2D eigenvalue weighted by molar-refractivity contribution is 0.0715. The first kappa shape index (κ1) is 23.9. The van der Waals surface area contributed by atoms with Crippen molar-refractivity contribution in [2.75, 3.05) is 19.8 Å². The number of benzene rings is 4. The molecule has 5 heteroatoms. The smallest absolute Gasteiger partial charge is 0.254 e. The third-order valence-electron chi connectivity index (χ3n) is 5.35. The molecule has 0 aliphatic heterocycles. The summed E-state index contributed by atoms with van der Waals surface area (Å²) < 4.78 is 17.5. The molecule has 0 heterocycles. The molecule has 0 aromatic heterocycles. The van der Waals surface area contributed by atoms with E-state index >= 15 is 0 Å². The van der Waals surface area contributed by atoms with E-state index in [-0.39, 0.29) is 5.91 Å². The minimum atomic E-state index is -0.0445. The zero-order valence-electron chi connectivity index (χ0n) is 19.8. The van der Waals surface area contributed by atoms with Gasteiger partial charge < -0.3 is 19.1 Å². The Hall–Kier alpha value is -4.25. The molecule has 4 aromatic rings. The van der Waals surface area contributed by atoms with Crippen LogP contribution in [-0.2, 0) is 6.54 Å². The lowest BCUT2D eigenvalue weighted by Gasteiger charge is -2.23. The highest BCUT2D eigenvalue weighted by atomic mass is 16.5. The monoisotopic (exact) mass is 467 g/mol. The second-order valence-corrected chi connectivity index (χ2v) is 7.88. The van der Waals surface area contributed by atoms with Gasteiger partial charge in [-0.05, 0) is 61.0 Å². The van der Waals surface area contributed by atoms with Crippen molar-refractivity contribution in [3.8, 4) is 23.0 Å². The molecule has 0 radical (unpaired) electrons. The number of hydrogen-bond donors (Lipinski definition) is 0. The topological polar surface area (TPSA) is 48.0 Å². The predicted octanol–water partition coefficient (Wildman–Crippen LogP) is 6.60. The summed E-state index contributed by atoms with van der Waals surface area (Å²) in [4.78, 5) is 15.1. The van der Waals surface area contributed by atoms with Gasteiger partial charge >= 0.3 is 0 Å². The molecule has 35 heavy (non-hydrogen) atoms. The Balaban J connectivity index is 1.44. The molecule has 5 nitrogen and oxygen atoms in total. The summed E-state index contributed by atoms with van der Waals surface area (Å²) in [5.74, 6) is 2.85. The largest absolute Gasteiger partial charge is 0.490 e. The lowest BCUT2D eigenvalue weighted by atomic mass is 10.1. The Morgan fingerprint density at radius 2 is 1.26 bits per heavy atom. The highest BCUT2D eigenvalue weighted by molar-refractivity contribution is 5.94. The van der Waals surface area contributed by atoms with Gasteiger partial charge in [-0.1, -0.05) is 60.7 Å². The van der Waals surface area contributed by atoms with Gasteiger partial charge in [-0.3, -0.25) is 4.79 Å². The fourth-order valence-corrected chi connectivity index (χ4v) is 3.63. The number of hydrogen-bond acceptors (Lipinski definition) is 4. The number of rotatable bonds is 11. The second kappa shape index (κ2) is 12.3. The zero-order valence-corrected chi connectivity index (χ0v) is 19.8. The van der Waals surface area contributed by atoms with Crippen LogP contribution in [0.25, 0.3) is 0 Å².